The van der Waals surface area contributed by atoms with E-state index in [-0.39, 0.29) is 52.7 Å². The van der Waals surface area contributed by atoms with E-state index in [4.69, 9.17) is 9.47 Å². The van der Waals surface area contributed by atoms with E-state index in [0.717, 1.165) is 25.3 Å². The van der Waals surface area contributed by atoms with Gasteiger partial charge >= 0.3 is 27.3 Å². The van der Waals surface area contributed by atoms with Crippen LogP contribution in [0.25, 0.3) is 10.9 Å². The predicted molar refractivity (Wildman–Crippen MR) is 169 cm³/mol. The number of amides is 1. The van der Waals surface area contributed by atoms with E-state index in [1.165, 1.54) is 37.6 Å². The lowest BCUT2D eigenvalue weighted by molar-refractivity contribution is 0.0694. The Hall–Kier alpha value is -3.78. The normalized spacial score (nSPS) is 19.9. The van der Waals surface area contributed by atoms with E-state index in [1.807, 2.05) is 0 Å². The number of carboxylic acid groups (broad SMARTS) is 1. The molecular weight excluding hydrogens is 675 g/mol. The highest BCUT2D eigenvalue weighted by atomic mass is 31.2. The Morgan fingerprint density at radius 2 is 1.71 bits per heavy atom. The number of benzene rings is 2. The largest absolute Gasteiger partial charge is 0.492 e. The van der Waals surface area contributed by atoms with Gasteiger partial charge in [-0.3, -0.25) is 13.9 Å². The number of piperidine rings is 1. The number of halogens is 1. The van der Waals surface area contributed by atoms with Crippen LogP contribution in [0.2, 0.25) is 0 Å². The minimum atomic E-state index is -5.11. The molecule has 3 aliphatic rings. The summed E-state index contributed by atoms with van der Waals surface area (Å²) < 4.78 is 52.2. The fourth-order valence-electron chi connectivity index (χ4n) is 6.81. The lowest BCUT2D eigenvalue weighted by atomic mass is 9.92. The Kier molecular flexibility index (Phi) is 8.94. The van der Waals surface area contributed by atoms with Gasteiger partial charge in [0.25, 0.3) is 0 Å². The van der Waals surface area contributed by atoms with Crippen LogP contribution in [0.1, 0.15) is 47.6 Å². The summed E-state index contributed by atoms with van der Waals surface area (Å²) >= 11 is 0. The van der Waals surface area contributed by atoms with Crippen LogP contribution in [0.15, 0.2) is 41.3 Å². The molecule has 3 fully saturated rings. The van der Waals surface area contributed by atoms with Crippen molar-refractivity contribution in [3.05, 3.63) is 63.7 Å². The van der Waals surface area contributed by atoms with Gasteiger partial charge in [0.1, 0.15) is 17.0 Å². The van der Waals surface area contributed by atoms with Gasteiger partial charge in [0.2, 0.25) is 5.43 Å². The van der Waals surface area contributed by atoms with Crippen LogP contribution in [-0.2, 0) is 15.6 Å². The Balaban J connectivity index is 1.24. The number of carbonyl (C=O) groups excluding carboxylic acids is 1. The number of hydrogen-bond donors (Lipinski definition) is 5. The average Bonchev–Trinajstić information content (AvgIpc) is 3.76. The first-order valence-electron chi connectivity index (χ1n) is 15.2. The first-order valence-corrected chi connectivity index (χ1v) is 18.6. The van der Waals surface area contributed by atoms with Crippen LogP contribution in [0.4, 0.5) is 14.9 Å². The lowest BCUT2D eigenvalue weighted by Crippen LogP contribution is -2.49. The lowest BCUT2D eigenvalue weighted by Gasteiger charge is -2.35. The Morgan fingerprint density at radius 1 is 1.04 bits per heavy atom. The number of aromatic carboxylic acids is 1. The van der Waals surface area contributed by atoms with Crippen molar-refractivity contribution in [1.29, 1.82) is 0 Å². The van der Waals surface area contributed by atoms with E-state index in [0.29, 0.717) is 25.0 Å². The van der Waals surface area contributed by atoms with Crippen LogP contribution < -0.4 is 19.8 Å². The average molecular weight is 710 g/mol. The number of carboxylic acids is 1. The van der Waals surface area contributed by atoms with Crippen LogP contribution in [0.5, 0.6) is 11.5 Å². The van der Waals surface area contributed by atoms with Gasteiger partial charge in [-0.15, -0.1) is 0 Å². The van der Waals surface area contributed by atoms with Gasteiger partial charge < -0.3 is 48.5 Å². The van der Waals surface area contributed by atoms with Gasteiger partial charge in [-0.25, -0.2) is 14.0 Å². The van der Waals surface area contributed by atoms with Crippen molar-refractivity contribution in [1.82, 2.24) is 9.47 Å². The van der Waals surface area contributed by atoms with Crippen molar-refractivity contribution in [3.63, 3.8) is 0 Å². The molecule has 3 heterocycles. The first-order chi connectivity index (χ1) is 22.6. The van der Waals surface area contributed by atoms with Gasteiger partial charge in [-0.2, -0.15) is 0 Å². The zero-order valence-corrected chi connectivity index (χ0v) is 27.4. The minimum Gasteiger partial charge on any atom is -0.492 e. The SMILES string of the molecule is COc1c(N2C[C@H]3CCCN(C(=O)Oc4ccc(CC(P(=O)(O)O)P(=O)(O)O)cc4)[C@H]3C2)c(F)cc2c(=O)c(C(=O)O)cn(C3CC3)c12. The van der Waals surface area contributed by atoms with E-state index in [2.05, 4.69) is 0 Å². The van der Waals surface area contributed by atoms with Crippen LogP contribution in [-0.4, -0.2) is 84.4 Å². The van der Waals surface area contributed by atoms with Crippen molar-refractivity contribution in [2.45, 2.75) is 49.6 Å². The molecule has 0 unspecified atom stereocenters. The number of hydrogen-bond acceptors (Lipinski definition) is 8. The van der Waals surface area contributed by atoms with Crippen LogP contribution in [0, 0.1) is 11.7 Å². The molecule has 1 aliphatic carbocycles. The van der Waals surface area contributed by atoms with Crippen molar-refractivity contribution < 1.29 is 57.3 Å². The molecule has 258 valence electrons. The van der Waals surface area contributed by atoms with Gasteiger partial charge in [-0.1, -0.05) is 12.1 Å². The van der Waals surface area contributed by atoms with Crippen molar-refractivity contribution in [2.24, 2.45) is 5.92 Å². The van der Waals surface area contributed by atoms with Crippen LogP contribution in [0.3, 0.4) is 0 Å². The molecule has 0 spiro atoms. The maximum Gasteiger partial charge on any atom is 0.415 e. The molecule has 1 aromatic heterocycles. The first kappa shape index (κ1) is 34.1. The minimum absolute atomic E-state index is 0.0502. The molecular formula is C30H34FN3O12P2. The highest BCUT2D eigenvalue weighted by Crippen LogP contribution is 2.61. The second-order valence-corrected chi connectivity index (χ2v) is 16.4. The molecule has 2 aliphatic heterocycles. The molecule has 2 atom stereocenters. The molecule has 0 radical (unpaired) electrons. The number of ether oxygens (including phenoxy) is 2. The fourth-order valence-corrected chi connectivity index (χ4v) is 9.28. The quantitative estimate of drug-likeness (QED) is 0.201. The van der Waals surface area contributed by atoms with E-state index < -0.39 is 55.9 Å². The standard InChI is InChI=1S/C30H34FN3O12P2/c1-45-28-25-20(27(35)21(29(36)37)14-34(25)18-6-7-18)12-22(31)26(28)32-13-17-3-2-10-33(23(17)15-32)30(38)46-19-8-4-16(5-9-19)11-24(47(39,40)41)48(42,43)44/h4-5,8-9,12,14,17-18,23-24H,2-3,6-7,10-11,13,15H2,1H3,(H,36,37)(H2,39,40,41)(H2,42,43,44)/t17-,23+/m1/s1. The van der Waals surface area contributed by atoms with Crippen molar-refractivity contribution >= 4 is 43.8 Å². The summed E-state index contributed by atoms with van der Waals surface area (Å²) in [6, 6.07) is 6.06. The molecule has 1 saturated carbocycles. The number of carbonyl (C=O) groups is 2. The van der Waals surface area contributed by atoms with Gasteiger partial charge in [0, 0.05) is 31.9 Å². The molecule has 5 N–H and O–H groups in total. The smallest absolute Gasteiger partial charge is 0.415 e. The zero-order chi connectivity index (χ0) is 34.7. The fraction of sp³-hybridized carbons (Fsp3) is 0.433. The summed E-state index contributed by atoms with van der Waals surface area (Å²) in [6.45, 7) is 0.975. The Labute approximate surface area is 272 Å². The number of aromatic nitrogens is 1. The monoisotopic (exact) mass is 709 g/mol. The number of rotatable bonds is 9. The molecule has 15 nitrogen and oxygen atoms in total. The molecule has 2 aromatic carbocycles. The third-order valence-electron chi connectivity index (χ3n) is 9.23. The van der Waals surface area contributed by atoms with Gasteiger partial charge in [0.05, 0.1) is 24.1 Å². The summed E-state index contributed by atoms with van der Waals surface area (Å²) in [6.07, 6.45) is 2.97. The topological polar surface area (TPSA) is 216 Å². The maximum absolute atomic E-state index is 15.9. The number of anilines is 1. The molecule has 3 aromatic rings. The zero-order valence-electron chi connectivity index (χ0n) is 25.6. The van der Waals surface area contributed by atoms with E-state index >= 15 is 4.39 Å². The summed E-state index contributed by atoms with van der Waals surface area (Å²) in [7, 11) is -8.87. The maximum atomic E-state index is 15.9. The summed E-state index contributed by atoms with van der Waals surface area (Å²) in [4.78, 5) is 79.2. The third kappa shape index (κ3) is 6.48. The third-order valence-corrected chi connectivity index (χ3v) is 13.0. The highest BCUT2D eigenvalue weighted by Gasteiger charge is 2.45. The Bertz CT molecular complexity index is 1920. The molecule has 1 amide bonds. The Morgan fingerprint density at radius 3 is 2.29 bits per heavy atom. The summed E-state index contributed by atoms with van der Waals surface area (Å²) in [5.74, 6) is -2.00. The van der Waals surface area contributed by atoms with Gasteiger partial charge in [0.15, 0.2) is 17.0 Å². The summed E-state index contributed by atoms with van der Waals surface area (Å²) in [5, 5.41) is 7.32. The molecule has 0 bridgehead atoms. The molecule has 2 saturated heterocycles. The molecule has 18 heteroatoms. The number of likely N-dealkylation sites (tertiary alicyclic amines) is 1. The van der Waals surface area contributed by atoms with Crippen molar-refractivity contribution in [2.75, 3.05) is 31.6 Å². The number of methoxy groups -OCH3 is 1. The molecule has 6 rings (SSSR count). The van der Waals surface area contributed by atoms with E-state index in [1.54, 1.807) is 14.4 Å². The van der Waals surface area contributed by atoms with E-state index in [9.17, 15) is 48.2 Å². The van der Waals surface area contributed by atoms with Crippen molar-refractivity contribution in [3.8, 4) is 11.5 Å². The number of nitrogens with zero attached hydrogens (tertiary/aromatic N) is 3. The van der Waals surface area contributed by atoms with Crippen LogP contribution >= 0.6 is 15.2 Å². The number of fused-ring (bicyclic) bond motifs is 2. The number of pyridine rings is 1. The second-order valence-electron chi connectivity index (χ2n) is 12.4. The molecule has 48 heavy (non-hydrogen) atoms. The predicted octanol–water partition coefficient (Wildman–Crippen LogP) is 3.51. The summed E-state index contributed by atoms with van der Waals surface area (Å²) in [5.41, 5.74) is -0.615. The highest BCUT2D eigenvalue weighted by molar-refractivity contribution is 7.70. The van der Waals surface area contributed by atoms with Gasteiger partial charge in [-0.05, 0) is 61.8 Å². The second kappa shape index (κ2) is 12.6.